The monoisotopic (exact) mass is 579 g/mol. The second-order valence-electron chi connectivity index (χ2n) is 11.3. The van der Waals surface area contributed by atoms with Gasteiger partial charge in [0.25, 0.3) is 5.92 Å². The van der Waals surface area contributed by atoms with Gasteiger partial charge in [0.2, 0.25) is 13.1 Å². The zero-order valence-electron chi connectivity index (χ0n) is 22.5. The zero-order valence-corrected chi connectivity index (χ0v) is 23.5. The number of carbonyl (C=O) groups excluding carboxylic acids is 1. The smallest absolute Gasteiger partial charge is 0.361 e. The van der Waals surface area contributed by atoms with Crippen molar-refractivity contribution < 1.29 is 36.8 Å². The van der Waals surface area contributed by atoms with Crippen LogP contribution in [-0.2, 0) is 0 Å². The van der Waals surface area contributed by atoms with Crippen LogP contribution in [0.4, 0.5) is 23.2 Å². The number of fused-ring (bicyclic) bond motifs is 2. The van der Waals surface area contributed by atoms with Crippen LogP contribution in [0.5, 0.6) is 0 Å². The van der Waals surface area contributed by atoms with Crippen molar-refractivity contribution in [1.82, 2.24) is 0 Å². The maximum absolute atomic E-state index is 13.8. The van der Waals surface area contributed by atoms with E-state index in [9.17, 15) is 32.3 Å². The molecule has 0 bridgehead atoms. The lowest BCUT2D eigenvalue weighted by molar-refractivity contribution is -0.638. The molecule has 0 aromatic heterocycles. The molecule has 0 spiro atoms. The summed E-state index contributed by atoms with van der Waals surface area (Å²) in [7, 11) is -2.81. The normalized spacial score (nSPS) is 23.7. The molecule has 0 saturated carbocycles. The number of Topliss-reactive ketones (excluding diaryl/α,β-unsaturated/α-hetero) is 1. The summed E-state index contributed by atoms with van der Waals surface area (Å²) in [5.74, 6) is -6.93. The Labute approximate surface area is 235 Å². The predicted molar refractivity (Wildman–Crippen MR) is 152 cm³/mol. The number of rotatable bonds is 5. The number of ketones is 1. The van der Waals surface area contributed by atoms with Gasteiger partial charge in [-0.1, -0.05) is 24.4 Å². The molecule has 1 aliphatic carbocycles. The summed E-state index contributed by atoms with van der Waals surface area (Å²) in [5, 5.41) is 11.8. The van der Waals surface area contributed by atoms with Gasteiger partial charge in [-0.3, -0.25) is 4.79 Å². The van der Waals surface area contributed by atoms with Crippen molar-refractivity contribution in [3.8, 4) is 0 Å². The number of allylic oxidation sites excluding steroid dienone is 5. The molecule has 3 heterocycles. The molecule has 41 heavy (non-hydrogen) atoms. The molecule has 1 unspecified atom stereocenters. The van der Waals surface area contributed by atoms with Gasteiger partial charge >= 0.3 is 11.9 Å². The molecule has 5 nitrogen and oxygen atoms in total. The molecule has 2 saturated heterocycles. The Morgan fingerprint density at radius 2 is 1.73 bits per heavy atom. The summed E-state index contributed by atoms with van der Waals surface area (Å²) in [5.41, 5.74) is 5.84. The summed E-state index contributed by atoms with van der Waals surface area (Å²) in [4.78, 5) is 26.3. The van der Waals surface area contributed by atoms with Crippen LogP contribution in [0.1, 0.15) is 38.8 Å². The Balaban J connectivity index is 1.64. The van der Waals surface area contributed by atoms with Crippen LogP contribution in [0.25, 0.3) is 5.57 Å². The molecule has 2 aromatic rings. The molecule has 0 radical (unpaired) electrons. The maximum Gasteiger partial charge on any atom is 0.361 e. The maximum atomic E-state index is 13.8. The fraction of sp³-hybridized carbons (Fsp3) is 0.258. The van der Waals surface area contributed by atoms with Crippen molar-refractivity contribution in [2.75, 3.05) is 31.1 Å². The van der Waals surface area contributed by atoms with E-state index < -0.39 is 52.1 Å². The fourth-order valence-electron chi connectivity index (χ4n) is 6.10. The summed E-state index contributed by atoms with van der Waals surface area (Å²) >= 11 is 0. The van der Waals surface area contributed by atoms with Crippen molar-refractivity contribution in [2.45, 2.75) is 25.3 Å². The lowest BCUT2D eigenvalue weighted by Crippen LogP contribution is -2.57. The average Bonchev–Trinajstić information content (AvgIpc) is 2.89. The minimum atomic E-state index is -2.81. The van der Waals surface area contributed by atoms with Gasteiger partial charge in [0, 0.05) is 23.4 Å². The lowest BCUT2D eigenvalue weighted by atomic mass is 9.86. The number of carboxylic acid groups (broad SMARTS) is 1. The topological polar surface area (TPSA) is 60.6 Å². The van der Waals surface area contributed by atoms with Gasteiger partial charge < -0.3 is 10.0 Å². The third-order valence-electron chi connectivity index (χ3n) is 8.42. The molecule has 2 fully saturated rings. The van der Waals surface area contributed by atoms with E-state index in [-0.39, 0.29) is 11.3 Å². The van der Waals surface area contributed by atoms with E-state index >= 15 is 0 Å². The molecule has 210 valence electrons. The van der Waals surface area contributed by atoms with E-state index in [1.165, 1.54) is 19.1 Å². The first kappa shape index (κ1) is 27.1. The first-order chi connectivity index (χ1) is 19.2. The second-order valence-corrected chi connectivity index (χ2v) is 15.2. The highest BCUT2D eigenvalue weighted by Gasteiger charge is 2.52. The van der Waals surface area contributed by atoms with Gasteiger partial charge in [0.05, 0.1) is 18.7 Å². The van der Waals surface area contributed by atoms with E-state index in [0.717, 1.165) is 21.5 Å². The van der Waals surface area contributed by atoms with E-state index in [2.05, 4.69) is 13.1 Å². The molecule has 0 amide bonds. The van der Waals surface area contributed by atoms with E-state index in [4.69, 9.17) is 0 Å². The Kier molecular flexibility index (Phi) is 5.94. The Morgan fingerprint density at radius 3 is 2.32 bits per heavy atom. The highest BCUT2D eigenvalue weighted by molar-refractivity contribution is 7.02. The molecule has 4 aliphatic rings. The van der Waals surface area contributed by atoms with Crippen LogP contribution < -0.4 is 10.1 Å². The van der Waals surface area contributed by atoms with E-state index in [1.807, 2.05) is 30.0 Å². The first-order valence-electron chi connectivity index (χ1n) is 13.2. The Morgan fingerprint density at radius 1 is 1.02 bits per heavy atom. The number of carboxylic acids is 1. The Hall–Kier alpha value is -4.05. The van der Waals surface area contributed by atoms with Gasteiger partial charge in [-0.25, -0.2) is 18.2 Å². The average molecular weight is 580 g/mol. The molecule has 1 atom stereocenters. The van der Waals surface area contributed by atoms with E-state index in [1.54, 1.807) is 27.7 Å². The number of hydrogen-bond acceptors (Lipinski definition) is 3. The first-order valence-corrected chi connectivity index (χ1v) is 15.8. The highest BCUT2D eigenvalue weighted by atomic mass is 28.3. The van der Waals surface area contributed by atoms with Gasteiger partial charge in [-0.15, -0.1) is 6.58 Å². The van der Waals surface area contributed by atoms with Crippen molar-refractivity contribution in [1.29, 1.82) is 0 Å². The van der Waals surface area contributed by atoms with Crippen molar-refractivity contribution >= 4 is 42.0 Å². The molecule has 1 N–H and O–H groups in total. The number of aromatic carboxylic acids is 1. The summed E-state index contributed by atoms with van der Waals surface area (Å²) in [6, 6.07) is 9.91. The molecule has 2 aromatic carbocycles. The number of anilines is 1. The van der Waals surface area contributed by atoms with Gasteiger partial charge in [0.1, 0.15) is 8.07 Å². The standard InChI is InChI=1S/C31H26F4N2O3Si/c1-4-41(3)26-12-20(36-14-30(32,33)15-36)6-9-23(26)28(25-11-19(18(2)38)5-8-22(25)29(39)40)24-10-7-21(13-27(24)41)37-16-31(34,35)17-37/h4-13H,1,14-17H2,2-3H3/p+1. The van der Waals surface area contributed by atoms with E-state index in [0.29, 0.717) is 28.1 Å². The van der Waals surface area contributed by atoms with Crippen molar-refractivity contribution in [3.05, 3.63) is 99.9 Å². The number of alkyl halides is 4. The fourth-order valence-corrected chi connectivity index (χ4v) is 9.26. The lowest BCUT2D eigenvalue weighted by Gasteiger charge is -2.43. The largest absolute Gasteiger partial charge is 0.478 e. The number of halogens is 4. The number of benzene rings is 2. The number of hydrogen-bond donors (Lipinski definition) is 1. The van der Waals surface area contributed by atoms with Crippen LogP contribution in [0.2, 0.25) is 6.55 Å². The SMILES string of the molecule is C=C[Si]1(C)C2=CC(=[N+]3CC(F)(F)C3)C=CC2=C(c2cc(C(C)=O)ccc2C(=O)O)c2ccc(N3CC(F)(F)C3)cc21. The van der Waals surface area contributed by atoms with Crippen LogP contribution in [-0.4, -0.2) is 73.2 Å². The predicted octanol–water partition coefficient (Wildman–Crippen LogP) is 5.01. The van der Waals surface area contributed by atoms with Crippen LogP contribution in [0.3, 0.4) is 0 Å². The molecule has 3 aliphatic heterocycles. The molecular formula is C31H27F4N2O3Si+. The third-order valence-corrected chi connectivity index (χ3v) is 12.3. The third kappa shape index (κ3) is 4.32. The molecule has 6 rings (SSSR count). The summed E-state index contributed by atoms with van der Waals surface area (Å²) in [6.07, 6.45) is 5.45. The Bertz CT molecular complexity index is 1690. The quantitative estimate of drug-likeness (QED) is 0.234. The van der Waals surface area contributed by atoms with Crippen LogP contribution >= 0.6 is 0 Å². The van der Waals surface area contributed by atoms with Crippen molar-refractivity contribution in [3.63, 3.8) is 0 Å². The minimum absolute atomic E-state index is 0.00342. The van der Waals surface area contributed by atoms with Gasteiger partial charge in [0.15, 0.2) is 11.5 Å². The number of nitrogens with zero attached hydrogens (tertiary/aromatic N) is 2. The highest BCUT2D eigenvalue weighted by Crippen LogP contribution is 2.44. The van der Waals surface area contributed by atoms with Gasteiger partial charge in [-0.05, 0) is 69.9 Å². The van der Waals surface area contributed by atoms with Gasteiger partial charge in [-0.2, -0.15) is 8.78 Å². The second kappa shape index (κ2) is 8.97. The molecule has 10 heteroatoms. The minimum Gasteiger partial charge on any atom is -0.478 e. The zero-order chi connectivity index (χ0) is 29.5. The summed E-state index contributed by atoms with van der Waals surface area (Å²) in [6.45, 7) is 6.00. The summed E-state index contributed by atoms with van der Waals surface area (Å²) < 4.78 is 56.6. The van der Waals surface area contributed by atoms with Crippen LogP contribution in [0.15, 0.2) is 77.7 Å². The van der Waals surface area contributed by atoms with Crippen LogP contribution in [0, 0.1) is 0 Å². The number of carbonyl (C=O) groups is 2. The molecular weight excluding hydrogens is 552 g/mol. The van der Waals surface area contributed by atoms with Crippen molar-refractivity contribution in [2.24, 2.45) is 0 Å².